The van der Waals surface area contributed by atoms with Gasteiger partial charge >= 0.3 is 0 Å². The molecular weight excluding hydrogens is 290 g/mol. The molecule has 2 N–H and O–H groups in total. The molecule has 1 aliphatic rings. The van der Waals surface area contributed by atoms with E-state index in [1.165, 1.54) is 11.8 Å². The van der Waals surface area contributed by atoms with E-state index in [9.17, 15) is 5.11 Å². The monoisotopic (exact) mass is 309 g/mol. The summed E-state index contributed by atoms with van der Waals surface area (Å²) in [6.45, 7) is 2.69. The molecule has 1 aliphatic heterocycles. The van der Waals surface area contributed by atoms with Crippen LogP contribution in [0.1, 0.15) is 24.1 Å². The second-order valence-electron chi connectivity index (χ2n) is 5.70. The predicted octanol–water partition coefficient (Wildman–Crippen LogP) is 2.05. The Morgan fingerprint density at radius 2 is 2.04 bits per heavy atom. The molecule has 2 heterocycles. The fourth-order valence-corrected chi connectivity index (χ4v) is 2.73. The highest BCUT2D eigenvalue weighted by Gasteiger charge is 2.17. The van der Waals surface area contributed by atoms with Crippen LogP contribution in [0.2, 0.25) is 0 Å². The van der Waals surface area contributed by atoms with E-state index >= 15 is 0 Å². The van der Waals surface area contributed by atoms with Gasteiger partial charge in [0.2, 0.25) is 0 Å². The van der Waals surface area contributed by atoms with E-state index < -0.39 is 0 Å². The molecule has 0 aliphatic carbocycles. The zero-order chi connectivity index (χ0) is 16.1. The molecule has 0 spiro atoms. The third-order valence-electron chi connectivity index (χ3n) is 3.96. The minimum Gasteiger partial charge on any atom is -0.393 e. The summed E-state index contributed by atoms with van der Waals surface area (Å²) in [7, 11) is 0. The highest BCUT2D eigenvalue weighted by molar-refractivity contribution is 5.61. The van der Waals surface area contributed by atoms with Gasteiger partial charge in [-0.25, -0.2) is 9.97 Å². The fraction of sp³-hybridized carbons (Fsp3) is 0.353. The van der Waals surface area contributed by atoms with Crippen LogP contribution in [0.4, 0.5) is 11.5 Å². The van der Waals surface area contributed by atoms with Gasteiger partial charge in [0.1, 0.15) is 6.07 Å². The first-order valence-electron chi connectivity index (χ1n) is 7.72. The number of anilines is 2. The van der Waals surface area contributed by atoms with Crippen molar-refractivity contribution in [3.63, 3.8) is 0 Å². The second kappa shape index (κ2) is 7.18. The van der Waals surface area contributed by atoms with E-state index in [2.05, 4.69) is 32.3 Å². The summed E-state index contributed by atoms with van der Waals surface area (Å²) >= 11 is 0. The van der Waals surface area contributed by atoms with Crippen molar-refractivity contribution in [3.8, 4) is 6.07 Å². The third kappa shape index (κ3) is 4.03. The smallest absolute Gasteiger partial charge is 0.183 e. The lowest BCUT2D eigenvalue weighted by molar-refractivity contribution is 0.0792. The van der Waals surface area contributed by atoms with E-state index in [0.717, 1.165) is 38.2 Å². The standard InChI is InChI=1S/C17H19N5O/c18-11-16-17(20-7-6-19-16)21-14-3-1-2-13(10-14)12-22-8-4-15(23)5-9-22/h1-3,6-7,10,15,23H,4-5,8-9,12H2,(H,20,21). The van der Waals surface area contributed by atoms with Crippen LogP contribution in [-0.4, -0.2) is 39.2 Å². The van der Waals surface area contributed by atoms with Gasteiger partial charge in [0, 0.05) is 37.7 Å². The van der Waals surface area contributed by atoms with Gasteiger partial charge in [0.15, 0.2) is 11.5 Å². The van der Waals surface area contributed by atoms with Crippen LogP contribution in [0.15, 0.2) is 36.7 Å². The Kier molecular flexibility index (Phi) is 4.81. The Morgan fingerprint density at radius 1 is 1.26 bits per heavy atom. The Hall–Kier alpha value is -2.49. The normalized spacial score (nSPS) is 16.0. The van der Waals surface area contributed by atoms with E-state index in [4.69, 9.17) is 5.26 Å². The van der Waals surface area contributed by atoms with Crippen LogP contribution >= 0.6 is 0 Å². The van der Waals surface area contributed by atoms with Gasteiger partial charge in [-0.15, -0.1) is 0 Å². The molecule has 0 radical (unpaired) electrons. The maximum absolute atomic E-state index is 9.57. The van der Waals surface area contributed by atoms with Crippen LogP contribution in [0.25, 0.3) is 0 Å². The van der Waals surface area contributed by atoms with Gasteiger partial charge < -0.3 is 10.4 Å². The van der Waals surface area contributed by atoms with Crippen LogP contribution in [0.5, 0.6) is 0 Å². The molecule has 1 saturated heterocycles. The number of nitrogens with zero attached hydrogens (tertiary/aromatic N) is 4. The number of nitriles is 1. The zero-order valence-corrected chi connectivity index (χ0v) is 12.8. The Bertz CT molecular complexity index is 704. The van der Waals surface area contributed by atoms with Crippen molar-refractivity contribution >= 4 is 11.5 Å². The van der Waals surface area contributed by atoms with Gasteiger partial charge in [-0.2, -0.15) is 5.26 Å². The highest BCUT2D eigenvalue weighted by Crippen LogP contribution is 2.20. The molecule has 0 atom stereocenters. The Morgan fingerprint density at radius 3 is 2.83 bits per heavy atom. The highest BCUT2D eigenvalue weighted by atomic mass is 16.3. The first kappa shape index (κ1) is 15.4. The number of hydrogen-bond acceptors (Lipinski definition) is 6. The molecule has 3 rings (SSSR count). The Balaban J connectivity index is 1.69. The van der Waals surface area contributed by atoms with Gasteiger partial charge in [-0.05, 0) is 30.5 Å². The molecule has 2 aromatic rings. The topological polar surface area (TPSA) is 85.1 Å². The molecule has 23 heavy (non-hydrogen) atoms. The van der Waals surface area contributed by atoms with E-state index in [1.807, 2.05) is 18.2 Å². The molecule has 6 nitrogen and oxygen atoms in total. The van der Waals surface area contributed by atoms with Crippen LogP contribution in [0, 0.1) is 11.3 Å². The number of nitrogens with one attached hydrogen (secondary N) is 1. The van der Waals surface area contributed by atoms with Crippen LogP contribution in [-0.2, 0) is 6.54 Å². The van der Waals surface area contributed by atoms with E-state index in [1.54, 1.807) is 6.20 Å². The number of benzene rings is 1. The molecule has 1 aromatic heterocycles. The van der Waals surface area contributed by atoms with E-state index in [-0.39, 0.29) is 11.8 Å². The predicted molar refractivity (Wildman–Crippen MR) is 87.0 cm³/mol. The molecule has 1 fully saturated rings. The molecule has 0 unspecified atom stereocenters. The number of hydrogen-bond donors (Lipinski definition) is 2. The van der Waals surface area contributed by atoms with Gasteiger partial charge in [0.05, 0.1) is 6.10 Å². The van der Waals surface area contributed by atoms with Crippen LogP contribution in [0.3, 0.4) is 0 Å². The molecule has 0 amide bonds. The summed E-state index contributed by atoms with van der Waals surface area (Å²) in [5.74, 6) is 0.466. The lowest BCUT2D eigenvalue weighted by Gasteiger charge is -2.29. The average Bonchev–Trinajstić information content (AvgIpc) is 2.58. The largest absolute Gasteiger partial charge is 0.393 e. The lowest BCUT2D eigenvalue weighted by atomic mass is 10.1. The van der Waals surface area contributed by atoms with Gasteiger partial charge in [-0.1, -0.05) is 12.1 Å². The SMILES string of the molecule is N#Cc1nccnc1Nc1cccc(CN2CCC(O)CC2)c1. The third-order valence-corrected chi connectivity index (χ3v) is 3.96. The summed E-state index contributed by atoms with van der Waals surface area (Å²) < 4.78 is 0. The molecule has 0 bridgehead atoms. The van der Waals surface area contributed by atoms with Crippen molar-refractivity contribution in [3.05, 3.63) is 47.9 Å². The number of aliphatic hydroxyl groups excluding tert-OH is 1. The fourth-order valence-electron chi connectivity index (χ4n) is 2.73. The molecular formula is C17H19N5O. The average molecular weight is 309 g/mol. The summed E-state index contributed by atoms with van der Waals surface area (Å²) in [5, 5.41) is 21.8. The maximum atomic E-state index is 9.57. The first-order chi connectivity index (χ1) is 11.2. The maximum Gasteiger partial charge on any atom is 0.183 e. The molecule has 118 valence electrons. The summed E-state index contributed by atoms with van der Waals surface area (Å²) in [4.78, 5) is 10.5. The van der Waals surface area contributed by atoms with E-state index in [0.29, 0.717) is 5.82 Å². The number of piperidine rings is 1. The number of likely N-dealkylation sites (tertiary alicyclic amines) is 1. The zero-order valence-electron chi connectivity index (χ0n) is 12.8. The minimum atomic E-state index is -0.152. The summed E-state index contributed by atoms with van der Waals surface area (Å²) in [6.07, 6.45) is 4.59. The van der Waals surface area contributed by atoms with Crippen molar-refractivity contribution < 1.29 is 5.11 Å². The van der Waals surface area contributed by atoms with Crippen molar-refractivity contribution in [1.29, 1.82) is 5.26 Å². The summed E-state index contributed by atoms with van der Waals surface area (Å²) in [6, 6.07) is 10.1. The van der Waals surface area contributed by atoms with Crippen molar-refractivity contribution in [1.82, 2.24) is 14.9 Å². The number of rotatable bonds is 4. The summed E-state index contributed by atoms with van der Waals surface area (Å²) in [5.41, 5.74) is 2.35. The minimum absolute atomic E-state index is 0.152. The Labute approximate surface area is 135 Å². The number of aromatic nitrogens is 2. The number of aliphatic hydroxyl groups is 1. The van der Waals surface area contributed by atoms with Crippen molar-refractivity contribution in [2.24, 2.45) is 0 Å². The van der Waals surface area contributed by atoms with Crippen molar-refractivity contribution in [2.45, 2.75) is 25.5 Å². The van der Waals surface area contributed by atoms with Gasteiger partial charge in [0.25, 0.3) is 0 Å². The molecule has 1 aromatic carbocycles. The lowest BCUT2D eigenvalue weighted by Crippen LogP contribution is -2.35. The first-order valence-corrected chi connectivity index (χ1v) is 7.72. The molecule has 0 saturated carbocycles. The molecule has 6 heteroatoms. The van der Waals surface area contributed by atoms with Crippen molar-refractivity contribution in [2.75, 3.05) is 18.4 Å². The quantitative estimate of drug-likeness (QED) is 0.899. The van der Waals surface area contributed by atoms with Crippen LogP contribution < -0.4 is 5.32 Å². The van der Waals surface area contributed by atoms with Gasteiger partial charge in [-0.3, -0.25) is 4.90 Å². The second-order valence-corrected chi connectivity index (χ2v) is 5.70.